The number of amides is 1. The van der Waals surface area contributed by atoms with E-state index in [1.807, 2.05) is 32.9 Å². The zero-order valence-corrected chi connectivity index (χ0v) is 18.4. The zero-order chi connectivity index (χ0) is 21.6. The zero-order valence-electron chi connectivity index (χ0n) is 16.8. The fourth-order valence-corrected chi connectivity index (χ4v) is 6.12. The number of sulfonamides is 2. The van der Waals surface area contributed by atoms with Crippen LogP contribution in [0.5, 0.6) is 0 Å². The summed E-state index contributed by atoms with van der Waals surface area (Å²) in [6.45, 7) is 7.55. The Kier molecular flexibility index (Phi) is 5.25. The Labute approximate surface area is 171 Å². The number of anilines is 2. The van der Waals surface area contributed by atoms with Crippen molar-refractivity contribution in [3.8, 4) is 0 Å². The van der Waals surface area contributed by atoms with Crippen LogP contribution in [0.2, 0.25) is 0 Å². The van der Waals surface area contributed by atoms with E-state index < -0.39 is 26.0 Å². The lowest BCUT2D eigenvalue weighted by Crippen LogP contribution is -2.29. The van der Waals surface area contributed by atoms with Gasteiger partial charge in [0, 0.05) is 6.42 Å². The van der Waals surface area contributed by atoms with Crippen LogP contribution in [0.1, 0.15) is 38.3 Å². The van der Waals surface area contributed by atoms with Gasteiger partial charge in [-0.1, -0.05) is 39.0 Å². The van der Waals surface area contributed by atoms with E-state index in [0.717, 1.165) is 9.87 Å². The lowest BCUT2D eigenvalue weighted by atomic mass is 9.86. The molecule has 0 unspecified atom stereocenters. The summed E-state index contributed by atoms with van der Waals surface area (Å²) in [6, 6.07) is 11.3. The predicted octanol–water partition coefficient (Wildman–Crippen LogP) is 3.16. The minimum Gasteiger partial charge on any atom is -0.279 e. The number of carbonyl (C=O) groups excluding carboxylic acids is 1. The number of aryl methyl sites for hydroxylation is 1. The molecule has 9 heteroatoms. The Bertz CT molecular complexity index is 1180. The van der Waals surface area contributed by atoms with Crippen LogP contribution in [0.4, 0.5) is 11.4 Å². The quantitative estimate of drug-likeness (QED) is 0.793. The second kappa shape index (κ2) is 7.14. The molecule has 1 N–H and O–H groups in total. The smallest absolute Gasteiger partial charge is 0.262 e. The Morgan fingerprint density at radius 2 is 1.72 bits per heavy atom. The van der Waals surface area contributed by atoms with Crippen molar-refractivity contribution in [1.29, 1.82) is 0 Å². The Hall–Kier alpha value is -2.39. The third kappa shape index (κ3) is 4.16. The van der Waals surface area contributed by atoms with Gasteiger partial charge in [0.1, 0.15) is 0 Å². The second-order valence-corrected chi connectivity index (χ2v) is 11.7. The molecule has 1 heterocycles. The Balaban J connectivity index is 1.99. The van der Waals surface area contributed by atoms with Crippen LogP contribution >= 0.6 is 0 Å². The lowest BCUT2D eigenvalue weighted by Gasteiger charge is -2.23. The molecule has 29 heavy (non-hydrogen) atoms. The average molecular weight is 437 g/mol. The van der Waals surface area contributed by atoms with Crippen LogP contribution in [0, 0.1) is 6.92 Å². The first-order chi connectivity index (χ1) is 13.3. The third-order valence-electron chi connectivity index (χ3n) is 4.74. The van der Waals surface area contributed by atoms with Gasteiger partial charge in [-0.25, -0.2) is 21.1 Å². The van der Waals surface area contributed by atoms with E-state index in [-0.39, 0.29) is 28.2 Å². The standard InChI is InChI=1S/C20H24N2O5S2/c1-14-13-15(22-19(23)11-12-28(22,24)25)9-10-18(14)29(26,27)21-17-8-6-5-7-16(17)20(2,3)4/h5-10,13,21H,11-12H2,1-4H3. The van der Waals surface area contributed by atoms with Crippen molar-refractivity contribution in [2.24, 2.45) is 0 Å². The van der Waals surface area contributed by atoms with E-state index in [4.69, 9.17) is 0 Å². The second-order valence-electron chi connectivity index (χ2n) is 8.08. The van der Waals surface area contributed by atoms with Crippen LogP contribution < -0.4 is 9.03 Å². The molecule has 1 fully saturated rings. The number of hydrogen-bond acceptors (Lipinski definition) is 5. The van der Waals surface area contributed by atoms with E-state index in [2.05, 4.69) is 4.72 Å². The predicted molar refractivity (Wildman–Crippen MR) is 113 cm³/mol. The van der Waals surface area contributed by atoms with Gasteiger partial charge in [0.15, 0.2) is 0 Å². The first kappa shape index (κ1) is 21.3. The summed E-state index contributed by atoms with van der Waals surface area (Å²) in [5.41, 5.74) is 1.58. The molecule has 1 saturated heterocycles. The molecule has 7 nitrogen and oxygen atoms in total. The maximum Gasteiger partial charge on any atom is 0.262 e. The van der Waals surface area contributed by atoms with Crippen molar-refractivity contribution < 1.29 is 21.6 Å². The van der Waals surface area contributed by atoms with Gasteiger partial charge in [-0.15, -0.1) is 0 Å². The molecule has 156 valence electrons. The van der Waals surface area contributed by atoms with Gasteiger partial charge in [0.25, 0.3) is 10.0 Å². The number of carbonyl (C=O) groups is 1. The summed E-state index contributed by atoms with van der Waals surface area (Å²) < 4.78 is 53.6. The molecular weight excluding hydrogens is 412 g/mol. The van der Waals surface area contributed by atoms with Crippen molar-refractivity contribution in [2.75, 3.05) is 14.8 Å². The highest BCUT2D eigenvalue weighted by molar-refractivity contribution is 7.94. The van der Waals surface area contributed by atoms with Crippen LogP contribution in [0.15, 0.2) is 47.4 Å². The number of nitrogens with one attached hydrogen (secondary N) is 1. The van der Waals surface area contributed by atoms with Crippen LogP contribution in [-0.4, -0.2) is 28.5 Å². The highest BCUT2D eigenvalue weighted by Crippen LogP contribution is 2.32. The fourth-order valence-electron chi connectivity index (χ4n) is 3.36. The minimum absolute atomic E-state index is 0.0222. The number of para-hydroxylation sites is 1. The van der Waals surface area contributed by atoms with E-state index in [1.54, 1.807) is 19.1 Å². The molecule has 2 aromatic rings. The maximum absolute atomic E-state index is 13.0. The number of hydrogen-bond donors (Lipinski definition) is 1. The lowest BCUT2D eigenvalue weighted by molar-refractivity contribution is -0.116. The molecule has 0 atom stereocenters. The largest absolute Gasteiger partial charge is 0.279 e. The molecule has 0 aromatic heterocycles. The first-order valence-corrected chi connectivity index (χ1v) is 12.2. The Morgan fingerprint density at radius 3 is 2.28 bits per heavy atom. The molecule has 2 aromatic carbocycles. The summed E-state index contributed by atoms with van der Waals surface area (Å²) in [6.07, 6.45) is -0.0768. The topological polar surface area (TPSA) is 101 Å². The summed E-state index contributed by atoms with van der Waals surface area (Å²) in [5, 5.41) is 0. The van der Waals surface area contributed by atoms with Crippen molar-refractivity contribution in [3.05, 3.63) is 53.6 Å². The van der Waals surface area contributed by atoms with E-state index in [9.17, 15) is 21.6 Å². The van der Waals surface area contributed by atoms with Gasteiger partial charge in [0.05, 0.1) is 22.0 Å². The van der Waals surface area contributed by atoms with E-state index >= 15 is 0 Å². The van der Waals surface area contributed by atoms with Gasteiger partial charge >= 0.3 is 0 Å². The fraction of sp³-hybridized carbons (Fsp3) is 0.350. The monoisotopic (exact) mass is 436 g/mol. The highest BCUT2D eigenvalue weighted by Gasteiger charge is 2.36. The number of nitrogens with zero attached hydrogens (tertiary/aromatic N) is 1. The molecule has 0 saturated carbocycles. The number of benzene rings is 2. The molecular formula is C20H24N2O5S2. The van der Waals surface area contributed by atoms with Crippen molar-refractivity contribution in [3.63, 3.8) is 0 Å². The Morgan fingerprint density at radius 1 is 1.07 bits per heavy atom. The van der Waals surface area contributed by atoms with Crippen LogP contribution in [0.3, 0.4) is 0 Å². The van der Waals surface area contributed by atoms with E-state index in [1.165, 1.54) is 18.2 Å². The van der Waals surface area contributed by atoms with Crippen molar-refractivity contribution in [1.82, 2.24) is 0 Å². The highest BCUT2D eigenvalue weighted by atomic mass is 32.2. The normalized spacial score (nSPS) is 16.8. The SMILES string of the molecule is Cc1cc(N2C(=O)CCS2(=O)=O)ccc1S(=O)(=O)Nc1ccccc1C(C)(C)C. The molecule has 1 aliphatic rings. The molecule has 1 amide bonds. The molecule has 3 rings (SSSR count). The summed E-state index contributed by atoms with van der Waals surface area (Å²) in [4.78, 5) is 12.0. The van der Waals surface area contributed by atoms with Crippen molar-refractivity contribution in [2.45, 2.75) is 44.4 Å². The average Bonchev–Trinajstić information content (AvgIpc) is 2.86. The van der Waals surface area contributed by atoms with Crippen LogP contribution in [-0.2, 0) is 30.3 Å². The van der Waals surface area contributed by atoms with Crippen LogP contribution in [0.25, 0.3) is 0 Å². The van der Waals surface area contributed by atoms with Gasteiger partial charge in [0.2, 0.25) is 15.9 Å². The third-order valence-corrected chi connectivity index (χ3v) is 7.96. The molecule has 1 aliphatic heterocycles. The van der Waals surface area contributed by atoms with Gasteiger partial charge in [-0.3, -0.25) is 9.52 Å². The summed E-state index contributed by atoms with van der Waals surface area (Å²) in [7, 11) is -7.62. The van der Waals surface area contributed by atoms with Crippen molar-refractivity contribution >= 4 is 37.3 Å². The van der Waals surface area contributed by atoms with Gasteiger partial charge in [-0.2, -0.15) is 0 Å². The summed E-state index contributed by atoms with van der Waals surface area (Å²) in [5.74, 6) is -0.756. The first-order valence-electron chi connectivity index (χ1n) is 9.12. The number of rotatable bonds is 4. The van der Waals surface area contributed by atoms with E-state index in [0.29, 0.717) is 11.3 Å². The van der Waals surface area contributed by atoms with Gasteiger partial charge in [-0.05, 0) is 47.7 Å². The molecule has 0 radical (unpaired) electrons. The molecule has 0 aliphatic carbocycles. The molecule has 0 spiro atoms. The summed E-state index contributed by atoms with van der Waals surface area (Å²) >= 11 is 0. The maximum atomic E-state index is 13.0. The van der Waals surface area contributed by atoms with Gasteiger partial charge < -0.3 is 0 Å². The molecule has 0 bridgehead atoms. The minimum atomic E-state index is -3.91.